The molecular formula is C22H28IN5O. The van der Waals surface area contributed by atoms with Gasteiger partial charge in [0.1, 0.15) is 5.75 Å². The van der Waals surface area contributed by atoms with E-state index in [1.54, 1.807) is 12.5 Å². The lowest BCUT2D eigenvalue weighted by atomic mass is 10.2. The van der Waals surface area contributed by atoms with Crippen molar-refractivity contribution >= 4 is 29.9 Å². The Labute approximate surface area is 189 Å². The molecule has 0 saturated heterocycles. The van der Waals surface area contributed by atoms with Gasteiger partial charge in [-0.05, 0) is 37.1 Å². The maximum absolute atomic E-state index is 5.73. The van der Waals surface area contributed by atoms with Crippen LogP contribution in [0.4, 0.5) is 0 Å². The summed E-state index contributed by atoms with van der Waals surface area (Å²) in [5.41, 5.74) is 2.24. The highest BCUT2D eigenvalue weighted by Crippen LogP contribution is 2.15. The normalized spacial score (nSPS) is 10.9. The molecule has 0 fully saturated rings. The van der Waals surface area contributed by atoms with Crippen molar-refractivity contribution in [3.8, 4) is 11.4 Å². The first-order chi connectivity index (χ1) is 13.9. The molecule has 0 amide bonds. The predicted octanol–water partition coefficient (Wildman–Crippen LogP) is 4.01. The standard InChI is InChI=1S/C22H27N5O.HI/c1-2-24-22(25-13-8-16-28-20-10-4-3-5-11-20)26-17-19-9-6-7-12-21(19)27-15-14-23-18-27;/h3-7,9-12,14-15,18H,2,8,13,16-17H2,1H3,(H2,24,25,26);1H. The summed E-state index contributed by atoms with van der Waals surface area (Å²) in [5.74, 6) is 1.71. The Morgan fingerprint density at radius 2 is 1.86 bits per heavy atom. The highest BCUT2D eigenvalue weighted by atomic mass is 127. The Balaban J connectivity index is 0.00000300. The lowest BCUT2D eigenvalue weighted by Crippen LogP contribution is -2.38. The van der Waals surface area contributed by atoms with Crippen molar-refractivity contribution in [2.45, 2.75) is 19.9 Å². The highest BCUT2D eigenvalue weighted by Gasteiger charge is 2.04. The molecule has 0 aliphatic carbocycles. The maximum atomic E-state index is 5.73. The summed E-state index contributed by atoms with van der Waals surface area (Å²) in [6.45, 7) is 4.93. The van der Waals surface area contributed by atoms with E-state index < -0.39 is 0 Å². The Hall–Kier alpha value is -2.55. The van der Waals surface area contributed by atoms with Crippen LogP contribution in [0, 0.1) is 0 Å². The quantitative estimate of drug-likeness (QED) is 0.200. The van der Waals surface area contributed by atoms with Gasteiger partial charge < -0.3 is 19.9 Å². The molecule has 154 valence electrons. The van der Waals surface area contributed by atoms with Crippen LogP contribution in [-0.4, -0.2) is 35.2 Å². The van der Waals surface area contributed by atoms with E-state index in [9.17, 15) is 0 Å². The van der Waals surface area contributed by atoms with Gasteiger partial charge in [-0.2, -0.15) is 0 Å². The molecule has 0 aliphatic heterocycles. The third-order valence-electron chi connectivity index (χ3n) is 4.15. The topological polar surface area (TPSA) is 63.5 Å². The van der Waals surface area contributed by atoms with E-state index in [-0.39, 0.29) is 24.0 Å². The van der Waals surface area contributed by atoms with Crippen LogP contribution in [0.1, 0.15) is 18.9 Å². The van der Waals surface area contributed by atoms with E-state index >= 15 is 0 Å². The Morgan fingerprint density at radius 1 is 1.07 bits per heavy atom. The van der Waals surface area contributed by atoms with Crippen LogP contribution in [0.2, 0.25) is 0 Å². The second kappa shape index (κ2) is 12.8. The van der Waals surface area contributed by atoms with Crippen molar-refractivity contribution in [1.29, 1.82) is 0 Å². The smallest absolute Gasteiger partial charge is 0.191 e. The molecule has 6 nitrogen and oxygen atoms in total. The Morgan fingerprint density at radius 3 is 2.62 bits per heavy atom. The Kier molecular flexibility index (Phi) is 10.1. The number of hydrogen-bond acceptors (Lipinski definition) is 3. The zero-order valence-electron chi connectivity index (χ0n) is 16.6. The number of benzene rings is 2. The van der Waals surface area contributed by atoms with Gasteiger partial charge in [-0.1, -0.05) is 36.4 Å². The lowest BCUT2D eigenvalue weighted by Gasteiger charge is -2.13. The van der Waals surface area contributed by atoms with Crippen LogP contribution >= 0.6 is 24.0 Å². The summed E-state index contributed by atoms with van der Waals surface area (Å²) in [7, 11) is 0. The molecule has 2 aromatic carbocycles. The minimum Gasteiger partial charge on any atom is -0.494 e. The van der Waals surface area contributed by atoms with Crippen LogP contribution in [0.5, 0.6) is 5.75 Å². The third-order valence-corrected chi connectivity index (χ3v) is 4.15. The van der Waals surface area contributed by atoms with Crippen molar-refractivity contribution in [1.82, 2.24) is 20.2 Å². The minimum atomic E-state index is 0. The van der Waals surface area contributed by atoms with Crippen LogP contribution in [0.3, 0.4) is 0 Å². The molecule has 0 atom stereocenters. The summed E-state index contributed by atoms with van der Waals surface area (Å²) < 4.78 is 7.73. The van der Waals surface area contributed by atoms with E-state index in [0.717, 1.165) is 42.5 Å². The average Bonchev–Trinajstić information content (AvgIpc) is 3.27. The number of nitrogens with one attached hydrogen (secondary N) is 2. The van der Waals surface area contributed by atoms with E-state index in [0.29, 0.717) is 13.2 Å². The molecule has 0 saturated carbocycles. The number of para-hydroxylation sites is 2. The number of ether oxygens (including phenoxy) is 1. The predicted molar refractivity (Wildman–Crippen MR) is 128 cm³/mol. The summed E-state index contributed by atoms with van der Waals surface area (Å²) in [5, 5.41) is 6.67. The molecule has 7 heteroatoms. The van der Waals surface area contributed by atoms with E-state index in [1.807, 2.05) is 53.2 Å². The fraction of sp³-hybridized carbons (Fsp3) is 0.273. The van der Waals surface area contributed by atoms with Gasteiger partial charge in [-0.25, -0.2) is 9.98 Å². The van der Waals surface area contributed by atoms with E-state index in [2.05, 4.69) is 34.7 Å². The van der Waals surface area contributed by atoms with Gasteiger partial charge in [0.25, 0.3) is 0 Å². The molecule has 1 aromatic heterocycles. The fourth-order valence-corrected chi connectivity index (χ4v) is 2.79. The molecule has 0 bridgehead atoms. The molecule has 1 heterocycles. The van der Waals surface area contributed by atoms with Gasteiger partial charge >= 0.3 is 0 Å². The van der Waals surface area contributed by atoms with Gasteiger partial charge in [0, 0.05) is 25.5 Å². The fourth-order valence-electron chi connectivity index (χ4n) is 2.79. The number of hydrogen-bond donors (Lipinski definition) is 2. The third kappa shape index (κ3) is 7.41. The van der Waals surface area contributed by atoms with Gasteiger partial charge in [-0.15, -0.1) is 24.0 Å². The minimum absolute atomic E-state index is 0. The van der Waals surface area contributed by atoms with Crippen molar-refractivity contribution < 1.29 is 4.74 Å². The number of aromatic nitrogens is 2. The summed E-state index contributed by atoms with van der Waals surface area (Å²) >= 11 is 0. The van der Waals surface area contributed by atoms with Gasteiger partial charge in [0.15, 0.2) is 5.96 Å². The molecular weight excluding hydrogens is 477 g/mol. The molecule has 0 radical (unpaired) electrons. The molecule has 3 rings (SSSR count). The molecule has 0 unspecified atom stereocenters. The van der Waals surface area contributed by atoms with Gasteiger partial charge in [0.05, 0.1) is 25.2 Å². The van der Waals surface area contributed by atoms with E-state index in [4.69, 9.17) is 9.73 Å². The first-order valence-corrected chi connectivity index (χ1v) is 9.63. The monoisotopic (exact) mass is 505 g/mol. The molecule has 0 aliphatic rings. The van der Waals surface area contributed by atoms with Crippen molar-refractivity contribution in [3.63, 3.8) is 0 Å². The molecule has 3 aromatic rings. The molecule has 2 N–H and O–H groups in total. The van der Waals surface area contributed by atoms with Crippen LogP contribution in [0.15, 0.2) is 78.3 Å². The van der Waals surface area contributed by atoms with Crippen LogP contribution in [0.25, 0.3) is 5.69 Å². The summed E-state index contributed by atoms with van der Waals surface area (Å²) in [6.07, 6.45) is 6.42. The van der Waals surface area contributed by atoms with E-state index in [1.165, 1.54) is 0 Å². The number of imidazole rings is 1. The first-order valence-electron chi connectivity index (χ1n) is 9.63. The second-order valence-corrected chi connectivity index (χ2v) is 6.24. The first kappa shape index (κ1) is 22.7. The van der Waals surface area contributed by atoms with Gasteiger partial charge in [-0.3, -0.25) is 0 Å². The Bertz CT molecular complexity index is 853. The number of nitrogens with zero attached hydrogens (tertiary/aromatic N) is 3. The van der Waals surface area contributed by atoms with Crippen LogP contribution in [-0.2, 0) is 6.54 Å². The molecule has 0 spiro atoms. The largest absolute Gasteiger partial charge is 0.494 e. The highest BCUT2D eigenvalue weighted by molar-refractivity contribution is 14.0. The average molecular weight is 505 g/mol. The lowest BCUT2D eigenvalue weighted by molar-refractivity contribution is 0.311. The second-order valence-electron chi connectivity index (χ2n) is 6.24. The zero-order valence-corrected chi connectivity index (χ0v) is 19.0. The number of halogens is 1. The SMILES string of the molecule is CCNC(=NCc1ccccc1-n1ccnc1)NCCCOc1ccccc1.I. The summed E-state index contributed by atoms with van der Waals surface area (Å²) in [6, 6.07) is 18.1. The zero-order chi connectivity index (χ0) is 19.4. The van der Waals surface area contributed by atoms with Crippen molar-refractivity contribution in [3.05, 3.63) is 78.9 Å². The maximum Gasteiger partial charge on any atom is 0.191 e. The van der Waals surface area contributed by atoms with Crippen LogP contribution < -0.4 is 15.4 Å². The van der Waals surface area contributed by atoms with Gasteiger partial charge in [0.2, 0.25) is 0 Å². The van der Waals surface area contributed by atoms with Crippen molar-refractivity contribution in [2.75, 3.05) is 19.7 Å². The number of aliphatic imine (C=N–C) groups is 1. The number of rotatable bonds is 9. The number of guanidine groups is 1. The molecule has 29 heavy (non-hydrogen) atoms. The van der Waals surface area contributed by atoms with Crippen molar-refractivity contribution in [2.24, 2.45) is 4.99 Å². The summed E-state index contributed by atoms with van der Waals surface area (Å²) in [4.78, 5) is 8.86.